The summed E-state index contributed by atoms with van der Waals surface area (Å²) in [6.07, 6.45) is 0.0850. The lowest BCUT2D eigenvalue weighted by Gasteiger charge is -2.16. The van der Waals surface area contributed by atoms with Crippen LogP contribution in [0.3, 0.4) is 0 Å². The van der Waals surface area contributed by atoms with Crippen LogP contribution in [0.1, 0.15) is 12.0 Å². The molecule has 0 N–H and O–H groups in total. The third-order valence-corrected chi connectivity index (χ3v) is 4.38. The number of non-ortho nitro benzene ring substituents is 1. The van der Waals surface area contributed by atoms with Gasteiger partial charge in [-0.25, -0.2) is 0 Å². The maximum Gasteiger partial charge on any atom is 0.311 e. The van der Waals surface area contributed by atoms with Crippen LogP contribution in [-0.4, -0.2) is 23.3 Å². The lowest BCUT2D eigenvalue weighted by atomic mass is 10.1. The minimum Gasteiger partial charge on any atom is -0.461 e. The molecule has 26 heavy (non-hydrogen) atoms. The highest BCUT2D eigenvalue weighted by Crippen LogP contribution is 2.27. The molecule has 1 fully saturated rings. The number of benzene rings is 2. The molecule has 0 unspecified atom stereocenters. The number of nitro benzene ring substituents is 1. The molecule has 1 saturated heterocycles. The zero-order chi connectivity index (χ0) is 18.7. The van der Waals surface area contributed by atoms with Gasteiger partial charge in [0.1, 0.15) is 6.61 Å². The average molecular weight is 375 g/mol. The van der Waals surface area contributed by atoms with Crippen LogP contribution in [0.4, 0.5) is 11.4 Å². The van der Waals surface area contributed by atoms with E-state index in [0.29, 0.717) is 16.3 Å². The number of nitro groups is 1. The quantitative estimate of drug-likeness (QED) is 0.455. The van der Waals surface area contributed by atoms with Crippen molar-refractivity contribution in [2.45, 2.75) is 13.0 Å². The van der Waals surface area contributed by atoms with Crippen LogP contribution in [0.5, 0.6) is 0 Å². The number of hydrogen-bond donors (Lipinski definition) is 0. The Bertz CT molecular complexity index is 836. The van der Waals surface area contributed by atoms with Gasteiger partial charge in [0.25, 0.3) is 5.69 Å². The molecule has 0 aliphatic carbocycles. The van der Waals surface area contributed by atoms with Gasteiger partial charge in [0, 0.05) is 35.8 Å². The van der Waals surface area contributed by atoms with Crippen LogP contribution in [-0.2, 0) is 20.9 Å². The number of anilines is 1. The summed E-state index contributed by atoms with van der Waals surface area (Å²) in [7, 11) is 0. The van der Waals surface area contributed by atoms with Crippen molar-refractivity contribution < 1.29 is 19.2 Å². The molecule has 1 heterocycles. The van der Waals surface area contributed by atoms with Crippen LogP contribution < -0.4 is 4.90 Å². The zero-order valence-corrected chi connectivity index (χ0v) is 14.4. The molecule has 8 heteroatoms. The van der Waals surface area contributed by atoms with Crippen molar-refractivity contribution in [2.75, 3.05) is 11.4 Å². The highest BCUT2D eigenvalue weighted by Gasteiger charge is 2.36. The number of amides is 1. The van der Waals surface area contributed by atoms with E-state index in [9.17, 15) is 19.7 Å². The van der Waals surface area contributed by atoms with Crippen molar-refractivity contribution in [1.82, 2.24) is 0 Å². The second-order valence-electron chi connectivity index (χ2n) is 5.91. The number of ether oxygens (including phenoxy) is 1. The molecule has 2 aromatic rings. The van der Waals surface area contributed by atoms with Crippen molar-refractivity contribution in [3.05, 3.63) is 69.2 Å². The molecule has 134 valence electrons. The largest absolute Gasteiger partial charge is 0.461 e. The molecule has 7 nitrogen and oxygen atoms in total. The van der Waals surface area contributed by atoms with Crippen LogP contribution in [0.15, 0.2) is 48.5 Å². The lowest BCUT2D eigenvalue weighted by molar-refractivity contribution is -0.384. The SMILES string of the molecule is O=C(OCc1ccc([N+](=O)[O-])cc1)[C@H]1CC(=O)N(c2ccc(Cl)cc2)C1. The van der Waals surface area contributed by atoms with Gasteiger partial charge in [-0.2, -0.15) is 0 Å². The van der Waals surface area contributed by atoms with Crippen LogP contribution in [0, 0.1) is 16.0 Å². The van der Waals surface area contributed by atoms with Crippen molar-refractivity contribution in [3.63, 3.8) is 0 Å². The van der Waals surface area contributed by atoms with E-state index in [0.717, 1.165) is 0 Å². The molecule has 0 bridgehead atoms. The summed E-state index contributed by atoms with van der Waals surface area (Å²) in [5.74, 6) is -1.16. The fourth-order valence-electron chi connectivity index (χ4n) is 2.72. The Balaban J connectivity index is 1.57. The molecule has 0 radical (unpaired) electrons. The van der Waals surface area contributed by atoms with E-state index in [1.165, 1.54) is 29.2 Å². The van der Waals surface area contributed by atoms with Crippen LogP contribution >= 0.6 is 11.6 Å². The molecular weight excluding hydrogens is 360 g/mol. The smallest absolute Gasteiger partial charge is 0.311 e. The van der Waals surface area contributed by atoms with E-state index in [1.54, 1.807) is 24.3 Å². The number of rotatable bonds is 5. The lowest BCUT2D eigenvalue weighted by Crippen LogP contribution is -2.26. The Labute approximate surface area is 154 Å². The second kappa shape index (κ2) is 7.53. The van der Waals surface area contributed by atoms with E-state index in [1.807, 2.05) is 0 Å². The summed E-state index contributed by atoms with van der Waals surface area (Å²) in [4.78, 5) is 36.1. The number of hydrogen-bond acceptors (Lipinski definition) is 5. The molecule has 1 amide bonds. The fourth-order valence-corrected chi connectivity index (χ4v) is 2.85. The molecule has 3 rings (SSSR count). The van der Waals surface area contributed by atoms with Gasteiger partial charge in [-0.3, -0.25) is 19.7 Å². The number of esters is 1. The molecule has 1 aliphatic heterocycles. The second-order valence-corrected chi connectivity index (χ2v) is 6.35. The number of halogens is 1. The van der Waals surface area contributed by atoms with Crippen molar-refractivity contribution in [2.24, 2.45) is 5.92 Å². The highest BCUT2D eigenvalue weighted by atomic mass is 35.5. The standard InChI is InChI=1S/C18H15ClN2O5/c19-14-3-7-15(8-4-14)20-10-13(9-17(20)22)18(23)26-11-12-1-5-16(6-2-12)21(24)25/h1-8,13H,9-11H2/t13-/m0/s1. The first kappa shape index (κ1) is 17.9. The molecule has 1 atom stereocenters. The monoisotopic (exact) mass is 374 g/mol. The maximum absolute atomic E-state index is 12.2. The Kier molecular flexibility index (Phi) is 5.18. The normalized spacial score (nSPS) is 16.6. The summed E-state index contributed by atoms with van der Waals surface area (Å²) in [5.41, 5.74) is 1.30. The van der Waals surface area contributed by atoms with Gasteiger partial charge in [-0.15, -0.1) is 0 Å². The predicted molar refractivity (Wildman–Crippen MR) is 94.8 cm³/mol. The first-order valence-corrected chi connectivity index (χ1v) is 8.28. The van der Waals surface area contributed by atoms with Crippen LogP contribution in [0.25, 0.3) is 0 Å². The van der Waals surface area contributed by atoms with Crippen LogP contribution in [0.2, 0.25) is 5.02 Å². The van der Waals surface area contributed by atoms with E-state index < -0.39 is 16.8 Å². The first-order valence-electron chi connectivity index (χ1n) is 7.90. The van der Waals surface area contributed by atoms with Crippen molar-refractivity contribution >= 4 is 34.9 Å². The Morgan fingerprint density at radius 3 is 2.46 bits per heavy atom. The van der Waals surface area contributed by atoms with Gasteiger partial charge in [-0.1, -0.05) is 11.6 Å². The fraction of sp³-hybridized carbons (Fsp3) is 0.222. The summed E-state index contributed by atoms with van der Waals surface area (Å²) in [6.45, 7) is 0.252. The van der Waals surface area contributed by atoms with Gasteiger partial charge >= 0.3 is 5.97 Å². The average Bonchev–Trinajstić information content (AvgIpc) is 3.02. The van der Waals surface area contributed by atoms with E-state index in [2.05, 4.69) is 0 Å². The minimum absolute atomic E-state index is 0.00244. The third-order valence-electron chi connectivity index (χ3n) is 4.12. The van der Waals surface area contributed by atoms with Gasteiger partial charge in [0.2, 0.25) is 5.91 Å². The van der Waals surface area contributed by atoms with Crippen molar-refractivity contribution in [1.29, 1.82) is 0 Å². The number of carbonyl (C=O) groups is 2. The molecule has 1 aliphatic rings. The Morgan fingerprint density at radius 1 is 1.19 bits per heavy atom. The summed E-state index contributed by atoms with van der Waals surface area (Å²) in [6, 6.07) is 12.6. The summed E-state index contributed by atoms with van der Waals surface area (Å²) < 4.78 is 5.26. The minimum atomic E-state index is -0.545. The number of carbonyl (C=O) groups excluding carboxylic acids is 2. The summed E-state index contributed by atoms with van der Waals surface area (Å²) in [5, 5.41) is 11.2. The molecule has 2 aromatic carbocycles. The summed E-state index contributed by atoms with van der Waals surface area (Å²) >= 11 is 5.85. The zero-order valence-electron chi connectivity index (χ0n) is 13.6. The predicted octanol–water partition coefficient (Wildman–Crippen LogP) is 3.34. The van der Waals surface area contributed by atoms with E-state index >= 15 is 0 Å². The van der Waals surface area contributed by atoms with Gasteiger partial charge in [0.15, 0.2) is 0 Å². The molecular formula is C18H15ClN2O5. The van der Waals surface area contributed by atoms with Gasteiger partial charge in [0.05, 0.1) is 10.8 Å². The maximum atomic E-state index is 12.2. The Hall–Kier alpha value is -2.93. The Morgan fingerprint density at radius 2 is 1.85 bits per heavy atom. The third kappa shape index (κ3) is 4.00. The van der Waals surface area contributed by atoms with Crippen molar-refractivity contribution in [3.8, 4) is 0 Å². The molecule has 0 saturated carbocycles. The number of nitrogens with zero attached hydrogens (tertiary/aromatic N) is 2. The van der Waals surface area contributed by atoms with E-state index in [-0.39, 0.29) is 31.2 Å². The highest BCUT2D eigenvalue weighted by molar-refractivity contribution is 6.30. The van der Waals surface area contributed by atoms with E-state index in [4.69, 9.17) is 16.3 Å². The molecule has 0 aromatic heterocycles. The first-order chi connectivity index (χ1) is 12.4. The molecule has 0 spiro atoms. The topological polar surface area (TPSA) is 89.7 Å². The van der Waals surface area contributed by atoms with Gasteiger partial charge in [-0.05, 0) is 42.0 Å². The van der Waals surface area contributed by atoms with Gasteiger partial charge < -0.3 is 9.64 Å².